The molecule has 6 heteroatoms. The standard InChI is InChI=1S/C21H23N3O3/c1-14-5-2-3-12-24(14)21(27)15-8-10-18(11-9-15)23-20(26)17-7-4-6-16(13-17)19(22)25/h4,6-11,13-14H,2-3,5,12H2,1H3,(H2,22,25)(H,23,26). The van der Waals surface area contributed by atoms with Gasteiger partial charge < -0.3 is 16.0 Å². The van der Waals surface area contributed by atoms with E-state index in [1.165, 1.54) is 6.07 Å². The molecule has 0 saturated carbocycles. The molecule has 0 radical (unpaired) electrons. The number of nitrogens with zero attached hydrogens (tertiary/aromatic N) is 1. The lowest BCUT2D eigenvalue weighted by molar-refractivity contribution is 0.0635. The number of anilines is 1. The summed E-state index contributed by atoms with van der Waals surface area (Å²) in [6.07, 6.45) is 3.23. The van der Waals surface area contributed by atoms with Crippen LogP contribution in [0.2, 0.25) is 0 Å². The van der Waals surface area contributed by atoms with E-state index >= 15 is 0 Å². The number of hydrogen-bond acceptors (Lipinski definition) is 3. The van der Waals surface area contributed by atoms with E-state index in [4.69, 9.17) is 5.73 Å². The number of piperidine rings is 1. The van der Waals surface area contributed by atoms with Gasteiger partial charge >= 0.3 is 0 Å². The van der Waals surface area contributed by atoms with Crippen molar-refractivity contribution in [3.63, 3.8) is 0 Å². The highest BCUT2D eigenvalue weighted by Crippen LogP contribution is 2.20. The Bertz CT molecular complexity index is 861. The van der Waals surface area contributed by atoms with Gasteiger partial charge in [-0.05, 0) is 68.7 Å². The number of rotatable bonds is 4. The van der Waals surface area contributed by atoms with Gasteiger partial charge in [0.1, 0.15) is 0 Å². The van der Waals surface area contributed by atoms with Crippen molar-refractivity contribution < 1.29 is 14.4 Å². The van der Waals surface area contributed by atoms with E-state index < -0.39 is 5.91 Å². The molecule has 1 fully saturated rings. The molecule has 1 saturated heterocycles. The molecule has 3 amide bonds. The molecule has 27 heavy (non-hydrogen) atoms. The minimum absolute atomic E-state index is 0.0224. The van der Waals surface area contributed by atoms with Crippen LogP contribution in [0.3, 0.4) is 0 Å². The third-order valence-electron chi connectivity index (χ3n) is 4.86. The topological polar surface area (TPSA) is 92.5 Å². The lowest BCUT2D eigenvalue weighted by Crippen LogP contribution is -2.42. The number of carbonyl (C=O) groups is 3. The third kappa shape index (κ3) is 4.34. The van der Waals surface area contributed by atoms with Crippen LogP contribution in [0.1, 0.15) is 57.3 Å². The fourth-order valence-electron chi connectivity index (χ4n) is 3.28. The Kier molecular flexibility index (Phi) is 5.54. The number of nitrogens with two attached hydrogens (primary N) is 1. The van der Waals surface area contributed by atoms with Gasteiger partial charge in [0.2, 0.25) is 5.91 Å². The summed E-state index contributed by atoms with van der Waals surface area (Å²) in [7, 11) is 0. The van der Waals surface area contributed by atoms with Gasteiger partial charge in [-0.15, -0.1) is 0 Å². The highest BCUT2D eigenvalue weighted by Gasteiger charge is 2.24. The lowest BCUT2D eigenvalue weighted by atomic mass is 10.0. The lowest BCUT2D eigenvalue weighted by Gasteiger charge is -2.33. The maximum atomic E-state index is 12.7. The molecule has 0 bridgehead atoms. The molecule has 1 aliphatic heterocycles. The fourth-order valence-corrected chi connectivity index (χ4v) is 3.28. The summed E-state index contributed by atoms with van der Waals surface area (Å²) in [6.45, 7) is 2.86. The zero-order chi connectivity index (χ0) is 19.4. The first-order valence-electron chi connectivity index (χ1n) is 9.08. The Morgan fingerprint density at radius 3 is 2.37 bits per heavy atom. The second-order valence-electron chi connectivity index (χ2n) is 6.82. The van der Waals surface area contributed by atoms with Crippen LogP contribution < -0.4 is 11.1 Å². The van der Waals surface area contributed by atoms with E-state index in [-0.39, 0.29) is 23.4 Å². The van der Waals surface area contributed by atoms with Crippen LogP contribution in [0.15, 0.2) is 48.5 Å². The first-order valence-corrected chi connectivity index (χ1v) is 9.08. The number of carbonyl (C=O) groups excluding carboxylic acids is 3. The molecule has 6 nitrogen and oxygen atoms in total. The van der Waals surface area contributed by atoms with E-state index in [9.17, 15) is 14.4 Å². The highest BCUT2D eigenvalue weighted by atomic mass is 16.2. The zero-order valence-corrected chi connectivity index (χ0v) is 15.3. The van der Waals surface area contributed by atoms with Gasteiger partial charge in [0.25, 0.3) is 11.8 Å². The molecule has 3 rings (SSSR count). The summed E-state index contributed by atoms with van der Waals surface area (Å²) in [6, 6.07) is 13.3. The average Bonchev–Trinajstić information content (AvgIpc) is 2.68. The quantitative estimate of drug-likeness (QED) is 0.872. The van der Waals surface area contributed by atoms with E-state index in [0.717, 1.165) is 25.8 Å². The van der Waals surface area contributed by atoms with Crippen LogP contribution in [0.5, 0.6) is 0 Å². The Balaban J connectivity index is 1.68. The van der Waals surface area contributed by atoms with Crippen molar-refractivity contribution in [1.82, 2.24) is 4.90 Å². The fraction of sp³-hybridized carbons (Fsp3) is 0.286. The first kappa shape index (κ1) is 18.6. The summed E-state index contributed by atoms with van der Waals surface area (Å²) in [5, 5.41) is 2.76. The first-order chi connectivity index (χ1) is 13.0. The van der Waals surface area contributed by atoms with Crippen LogP contribution in [0, 0.1) is 0 Å². The van der Waals surface area contributed by atoms with Crippen molar-refractivity contribution in [1.29, 1.82) is 0 Å². The Morgan fingerprint density at radius 1 is 1.00 bits per heavy atom. The minimum atomic E-state index is -0.584. The molecule has 0 aliphatic carbocycles. The van der Waals surface area contributed by atoms with Gasteiger partial charge in [-0.3, -0.25) is 14.4 Å². The number of nitrogens with one attached hydrogen (secondary N) is 1. The van der Waals surface area contributed by atoms with Gasteiger partial charge in [0.05, 0.1) is 0 Å². The zero-order valence-electron chi connectivity index (χ0n) is 15.3. The Hall–Kier alpha value is -3.15. The minimum Gasteiger partial charge on any atom is -0.366 e. The Morgan fingerprint density at radius 2 is 1.70 bits per heavy atom. The molecule has 2 aromatic carbocycles. The molecule has 0 aromatic heterocycles. The molecule has 2 aromatic rings. The van der Waals surface area contributed by atoms with E-state index in [0.29, 0.717) is 16.8 Å². The van der Waals surface area contributed by atoms with Gasteiger partial charge in [-0.1, -0.05) is 6.07 Å². The molecular weight excluding hydrogens is 342 g/mol. The van der Waals surface area contributed by atoms with Crippen LogP contribution in [0.4, 0.5) is 5.69 Å². The second kappa shape index (κ2) is 8.03. The van der Waals surface area contributed by atoms with Gasteiger partial charge in [-0.2, -0.15) is 0 Å². The van der Waals surface area contributed by atoms with Gasteiger partial charge in [0.15, 0.2) is 0 Å². The normalized spacial score (nSPS) is 16.6. The molecule has 1 unspecified atom stereocenters. The molecule has 1 aliphatic rings. The summed E-state index contributed by atoms with van der Waals surface area (Å²) in [5.74, 6) is -0.907. The summed E-state index contributed by atoms with van der Waals surface area (Å²) in [5.41, 5.74) is 7.05. The predicted octanol–water partition coefficient (Wildman–Crippen LogP) is 3.05. The maximum Gasteiger partial charge on any atom is 0.255 e. The van der Waals surface area contributed by atoms with Crippen molar-refractivity contribution in [2.24, 2.45) is 5.73 Å². The van der Waals surface area contributed by atoms with Crippen LogP contribution in [-0.4, -0.2) is 35.2 Å². The summed E-state index contributed by atoms with van der Waals surface area (Å²) in [4.78, 5) is 38.2. The summed E-state index contributed by atoms with van der Waals surface area (Å²) < 4.78 is 0. The number of likely N-dealkylation sites (tertiary alicyclic amines) is 1. The van der Waals surface area contributed by atoms with Crippen molar-refractivity contribution in [2.45, 2.75) is 32.2 Å². The number of amides is 3. The van der Waals surface area contributed by atoms with Crippen LogP contribution in [0.25, 0.3) is 0 Å². The molecule has 1 atom stereocenters. The molecule has 140 valence electrons. The third-order valence-corrected chi connectivity index (χ3v) is 4.86. The van der Waals surface area contributed by atoms with Gasteiger partial charge in [0, 0.05) is 35.0 Å². The van der Waals surface area contributed by atoms with Crippen LogP contribution in [-0.2, 0) is 0 Å². The van der Waals surface area contributed by atoms with E-state index in [2.05, 4.69) is 12.2 Å². The Labute approximate surface area is 158 Å². The van der Waals surface area contributed by atoms with Crippen molar-refractivity contribution in [3.8, 4) is 0 Å². The number of benzene rings is 2. The maximum absolute atomic E-state index is 12.7. The molecular formula is C21H23N3O3. The molecule has 3 N–H and O–H groups in total. The van der Waals surface area contributed by atoms with Crippen molar-refractivity contribution in [3.05, 3.63) is 65.2 Å². The van der Waals surface area contributed by atoms with Crippen molar-refractivity contribution in [2.75, 3.05) is 11.9 Å². The summed E-state index contributed by atoms with van der Waals surface area (Å²) >= 11 is 0. The predicted molar refractivity (Wildman–Crippen MR) is 104 cm³/mol. The van der Waals surface area contributed by atoms with E-state index in [1.807, 2.05) is 4.90 Å². The largest absolute Gasteiger partial charge is 0.366 e. The number of hydrogen-bond donors (Lipinski definition) is 2. The molecule has 1 heterocycles. The second-order valence-corrected chi connectivity index (χ2v) is 6.82. The van der Waals surface area contributed by atoms with Gasteiger partial charge in [-0.25, -0.2) is 0 Å². The highest BCUT2D eigenvalue weighted by molar-refractivity contribution is 6.06. The monoisotopic (exact) mass is 365 g/mol. The van der Waals surface area contributed by atoms with Crippen LogP contribution >= 0.6 is 0 Å². The molecule has 0 spiro atoms. The SMILES string of the molecule is CC1CCCCN1C(=O)c1ccc(NC(=O)c2cccc(C(N)=O)c2)cc1. The average molecular weight is 365 g/mol. The number of primary amides is 1. The smallest absolute Gasteiger partial charge is 0.255 e. The van der Waals surface area contributed by atoms with Crippen molar-refractivity contribution >= 4 is 23.4 Å². The van der Waals surface area contributed by atoms with E-state index in [1.54, 1.807) is 42.5 Å².